The monoisotopic (exact) mass is 356 g/mol. The Labute approximate surface area is 143 Å². The predicted octanol–water partition coefficient (Wildman–Crippen LogP) is 2.70. The van der Waals surface area contributed by atoms with E-state index in [1.807, 2.05) is 10.6 Å². The maximum absolute atomic E-state index is 12.2. The first kappa shape index (κ1) is 17.9. The second-order valence-electron chi connectivity index (χ2n) is 5.82. The molecule has 0 saturated carbocycles. The van der Waals surface area contributed by atoms with Crippen LogP contribution in [0.25, 0.3) is 11.2 Å². The molecule has 2 heterocycles. The zero-order valence-electron chi connectivity index (χ0n) is 13.7. The van der Waals surface area contributed by atoms with E-state index in [1.165, 1.54) is 4.57 Å². The molecule has 8 heteroatoms. The summed E-state index contributed by atoms with van der Waals surface area (Å²) in [6.45, 7) is 6.55. The number of hydrogen-bond acceptors (Lipinski definition) is 4. The lowest BCUT2D eigenvalue weighted by Crippen LogP contribution is -2.29. The van der Waals surface area contributed by atoms with Gasteiger partial charge < -0.3 is 4.57 Å². The van der Waals surface area contributed by atoms with Gasteiger partial charge in [0.15, 0.2) is 16.3 Å². The number of fused-ring (bicyclic) bond motifs is 1. The summed E-state index contributed by atoms with van der Waals surface area (Å²) in [7, 11) is 1.60. The molecule has 2 rings (SSSR count). The second-order valence-corrected chi connectivity index (χ2v) is 7.48. The lowest BCUT2D eigenvalue weighted by Gasteiger charge is -2.07. The molecule has 0 atom stereocenters. The molecule has 0 aromatic carbocycles. The minimum absolute atomic E-state index is 0.395. The van der Waals surface area contributed by atoms with Gasteiger partial charge in [-0.15, -0.1) is 0 Å². The number of allylic oxidation sites excluding steroid dienone is 2. The molecule has 0 aliphatic heterocycles. The molecule has 0 unspecified atom stereocenters. The number of H-pyrrole nitrogens is 1. The average Bonchev–Trinajstić information content (AvgIpc) is 2.81. The van der Waals surface area contributed by atoms with Crippen LogP contribution in [0.5, 0.6) is 0 Å². The van der Waals surface area contributed by atoms with Crippen LogP contribution < -0.4 is 11.2 Å². The number of aromatic nitrogens is 4. The van der Waals surface area contributed by atoms with Crippen molar-refractivity contribution < 1.29 is 0 Å². The van der Waals surface area contributed by atoms with Gasteiger partial charge in [-0.1, -0.05) is 43.3 Å². The van der Waals surface area contributed by atoms with Crippen molar-refractivity contribution in [3.8, 4) is 0 Å². The molecule has 0 radical (unpaired) electrons. The van der Waals surface area contributed by atoms with Crippen molar-refractivity contribution >= 4 is 34.5 Å². The van der Waals surface area contributed by atoms with Gasteiger partial charge in [0.25, 0.3) is 5.56 Å². The average molecular weight is 357 g/mol. The van der Waals surface area contributed by atoms with Gasteiger partial charge in [0.2, 0.25) is 0 Å². The van der Waals surface area contributed by atoms with E-state index in [0.29, 0.717) is 28.7 Å². The van der Waals surface area contributed by atoms with Crippen LogP contribution in [-0.2, 0) is 13.6 Å². The van der Waals surface area contributed by atoms with Crippen LogP contribution in [0, 0.1) is 5.92 Å². The van der Waals surface area contributed by atoms with Crippen LogP contribution >= 0.6 is 23.4 Å². The number of nitrogens with zero attached hydrogens (tertiary/aromatic N) is 3. The standard InChI is InChI=1S/C15H21ClN4O2S/c1-9(2)6-8-23-15-17-12-11(20(15)7-5-10(3)16)13(21)18-14(22)19(12)4/h5,9H,6-8H2,1-4H3,(H,18,21,22)/b10-5+. The lowest BCUT2D eigenvalue weighted by molar-refractivity contribution is 0.630. The molecule has 2 aromatic heterocycles. The Kier molecular flexibility index (Phi) is 5.75. The summed E-state index contributed by atoms with van der Waals surface area (Å²) in [6.07, 6.45) is 2.87. The van der Waals surface area contributed by atoms with Crippen molar-refractivity contribution in [1.29, 1.82) is 0 Å². The van der Waals surface area contributed by atoms with E-state index >= 15 is 0 Å². The first-order chi connectivity index (χ1) is 10.8. The summed E-state index contributed by atoms with van der Waals surface area (Å²) >= 11 is 7.51. The van der Waals surface area contributed by atoms with Crippen molar-refractivity contribution in [2.24, 2.45) is 13.0 Å². The van der Waals surface area contributed by atoms with Gasteiger partial charge in [-0.2, -0.15) is 0 Å². The van der Waals surface area contributed by atoms with Gasteiger partial charge in [0.05, 0.1) is 0 Å². The Hall–Kier alpha value is -1.47. The van der Waals surface area contributed by atoms with E-state index in [-0.39, 0.29) is 0 Å². The number of halogens is 1. The number of thioether (sulfide) groups is 1. The predicted molar refractivity (Wildman–Crippen MR) is 95.4 cm³/mol. The lowest BCUT2D eigenvalue weighted by atomic mass is 10.2. The Morgan fingerprint density at radius 3 is 2.74 bits per heavy atom. The van der Waals surface area contributed by atoms with E-state index in [2.05, 4.69) is 23.8 Å². The summed E-state index contributed by atoms with van der Waals surface area (Å²) in [5.41, 5.74) is -0.0957. The summed E-state index contributed by atoms with van der Waals surface area (Å²) in [5.74, 6) is 1.49. The van der Waals surface area contributed by atoms with Gasteiger partial charge in [-0.05, 0) is 19.3 Å². The SMILES string of the molecule is C/C(Cl)=C\Cn1c(SCCC(C)C)nc2c1c(=O)[nH]c(=O)n2C. The molecule has 0 aliphatic rings. The van der Waals surface area contributed by atoms with Gasteiger partial charge in [0, 0.05) is 24.4 Å². The summed E-state index contributed by atoms with van der Waals surface area (Å²) in [5, 5.41) is 1.37. The Morgan fingerprint density at radius 1 is 1.43 bits per heavy atom. The fourth-order valence-electron chi connectivity index (χ4n) is 2.10. The van der Waals surface area contributed by atoms with Gasteiger partial charge in [-0.3, -0.25) is 14.3 Å². The minimum atomic E-state index is -0.463. The van der Waals surface area contributed by atoms with Gasteiger partial charge >= 0.3 is 5.69 Å². The quantitative estimate of drug-likeness (QED) is 0.808. The maximum Gasteiger partial charge on any atom is 0.329 e. The molecule has 0 amide bonds. The smallest absolute Gasteiger partial charge is 0.309 e. The van der Waals surface area contributed by atoms with Crippen molar-refractivity contribution in [3.05, 3.63) is 31.9 Å². The molecule has 23 heavy (non-hydrogen) atoms. The zero-order valence-corrected chi connectivity index (χ0v) is 15.3. The highest BCUT2D eigenvalue weighted by molar-refractivity contribution is 7.99. The molecule has 0 saturated heterocycles. The molecule has 126 valence electrons. The van der Waals surface area contributed by atoms with E-state index in [4.69, 9.17) is 11.6 Å². The highest BCUT2D eigenvalue weighted by Crippen LogP contribution is 2.23. The van der Waals surface area contributed by atoms with Gasteiger partial charge in [-0.25, -0.2) is 9.78 Å². The number of rotatable bonds is 6. The van der Waals surface area contributed by atoms with Crippen LogP contribution in [-0.4, -0.2) is 24.9 Å². The molecule has 6 nitrogen and oxygen atoms in total. The highest BCUT2D eigenvalue weighted by Gasteiger charge is 2.17. The van der Waals surface area contributed by atoms with Crippen molar-refractivity contribution in [2.75, 3.05) is 5.75 Å². The Bertz CT molecular complexity index is 844. The van der Waals surface area contributed by atoms with Crippen molar-refractivity contribution in [3.63, 3.8) is 0 Å². The summed E-state index contributed by atoms with van der Waals surface area (Å²) < 4.78 is 3.17. The van der Waals surface area contributed by atoms with Crippen molar-refractivity contribution in [2.45, 2.75) is 38.9 Å². The minimum Gasteiger partial charge on any atom is -0.309 e. The fourth-order valence-corrected chi connectivity index (χ4v) is 3.41. The van der Waals surface area contributed by atoms with Crippen molar-refractivity contribution in [1.82, 2.24) is 19.1 Å². The summed E-state index contributed by atoms with van der Waals surface area (Å²) in [6, 6.07) is 0. The van der Waals surface area contributed by atoms with Crippen LogP contribution in [0.4, 0.5) is 0 Å². The first-order valence-corrected chi connectivity index (χ1v) is 8.82. The largest absolute Gasteiger partial charge is 0.329 e. The molecule has 1 N–H and O–H groups in total. The van der Waals surface area contributed by atoms with Gasteiger partial charge in [0.1, 0.15) is 0 Å². The number of imidazole rings is 1. The second kappa shape index (κ2) is 7.40. The van der Waals surface area contributed by atoms with E-state index in [9.17, 15) is 9.59 Å². The molecule has 0 bridgehead atoms. The normalized spacial score (nSPS) is 12.5. The third kappa shape index (κ3) is 4.09. The Morgan fingerprint density at radius 2 is 2.13 bits per heavy atom. The third-order valence-electron chi connectivity index (χ3n) is 3.45. The first-order valence-electron chi connectivity index (χ1n) is 7.45. The van der Waals surface area contributed by atoms with Crippen LogP contribution in [0.3, 0.4) is 0 Å². The number of aromatic amines is 1. The number of aryl methyl sites for hydroxylation is 1. The molecule has 0 fully saturated rings. The Balaban J connectivity index is 2.55. The zero-order chi connectivity index (χ0) is 17.1. The summed E-state index contributed by atoms with van der Waals surface area (Å²) in [4.78, 5) is 30.8. The molecule has 0 spiro atoms. The van der Waals surface area contributed by atoms with E-state index < -0.39 is 11.2 Å². The van der Waals surface area contributed by atoms with E-state index in [1.54, 1.807) is 25.7 Å². The maximum atomic E-state index is 12.2. The molecule has 0 aliphatic carbocycles. The van der Waals surface area contributed by atoms with Crippen LogP contribution in [0.2, 0.25) is 0 Å². The van der Waals surface area contributed by atoms with E-state index in [0.717, 1.165) is 17.3 Å². The third-order valence-corrected chi connectivity index (χ3v) is 4.62. The topological polar surface area (TPSA) is 72.7 Å². The number of hydrogen-bond donors (Lipinski definition) is 1. The molecular weight excluding hydrogens is 336 g/mol. The van der Waals surface area contributed by atoms with Crippen LogP contribution in [0.1, 0.15) is 27.2 Å². The van der Waals surface area contributed by atoms with Crippen LogP contribution in [0.15, 0.2) is 25.9 Å². The fraction of sp³-hybridized carbons (Fsp3) is 0.533. The molecular formula is C15H21ClN4O2S. The molecule has 2 aromatic rings. The number of nitrogens with one attached hydrogen (secondary N) is 1. The highest BCUT2D eigenvalue weighted by atomic mass is 35.5.